The first-order valence-corrected chi connectivity index (χ1v) is 13.0. The molecule has 1 amide bonds. The van der Waals surface area contributed by atoms with Crippen molar-refractivity contribution in [1.82, 2.24) is 9.88 Å². The summed E-state index contributed by atoms with van der Waals surface area (Å²) in [6.07, 6.45) is 10.9. The van der Waals surface area contributed by atoms with Gasteiger partial charge < -0.3 is 14.4 Å². The van der Waals surface area contributed by atoms with E-state index in [-0.39, 0.29) is 0 Å². The van der Waals surface area contributed by atoms with E-state index in [2.05, 4.69) is 46.3 Å². The first-order chi connectivity index (χ1) is 17.2. The van der Waals surface area contributed by atoms with Crippen LogP contribution in [0, 0.1) is 5.92 Å². The Hall–Kier alpha value is -2.92. The minimum absolute atomic E-state index is 0.329. The molecule has 0 aliphatic carbocycles. The van der Waals surface area contributed by atoms with Crippen LogP contribution in [0.4, 0.5) is 0 Å². The van der Waals surface area contributed by atoms with E-state index in [4.69, 9.17) is 9.47 Å². The van der Waals surface area contributed by atoms with E-state index >= 15 is 0 Å². The molecule has 0 unspecified atom stereocenters. The van der Waals surface area contributed by atoms with Crippen LogP contribution in [0.25, 0.3) is 10.8 Å². The number of rotatable bonds is 5. The Balaban J connectivity index is 1.22. The molecule has 5 heteroatoms. The van der Waals surface area contributed by atoms with E-state index in [1.54, 1.807) is 7.11 Å². The van der Waals surface area contributed by atoms with Crippen LogP contribution >= 0.6 is 0 Å². The molecule has 6 rings (SSSR count). The van der Waals surface area contributed by atoms with Crippen molar-refractivity contribution in [2.75, 3.05) is 20.3 Å². The zero-order chi connectivity index (χ0) is 23.8. The summed E-state index contributed by atoms with van der Waals surface area (Å²) >= 11 is 0. The number of benzene rings is 2. The van der Waals surface area contributed by atoms with Gasteiger partial charge in [0.25, 0.3) is 0 Å². The lowest BCUT2D eigenvalue weighted by Crippen LogP contribution is -2.56. The Morgan fingerprint density at radius 2 is 1.77 bits per heavy atom. The van der Waals surface area contributed by atoms with E-state index < -0.39 is 5.41 Å². The van der Waals surface area contributed by atoms with Crippen LogP contribution in [0.3, 0.4) is 0 Å². The van der Waals surface area contributed by atoms with Crippen LogP contribution in [0.1, 0.15) is 49.7 Å². The molecule has 3 saturated heterocycles. The summed E-state index contributed by atoms with van der Waals surface area (Å²) in [7, 11) is 1.68. The molecular formula is C30H34N2O3. The smallest absolute Gasteiger partial charge is 0.233 e. The molecule has 0 N–H and O–H groups in total. The lowest BCUT2D eigenvalue weighted by Gasteiger charge is -2.46. The molecular weight excluding hydrogens is 436 g/mol. The molecule has 0 radical (unpaired) electrons. The number of ether oxygens (including phenoxy) is 2. The first-order valence-electron chi connectivity index (χ1n) is 13.0. The highest BCUT2D eigenvalue weighted by atomic mass is 16.5. The molecule has 2 aromatic carbocycles. The van der Waals surface area contributed by atoms with Crippen LogP contribution in [0.15, 0.2) is 60.9 Å². The quantitative estimate of drug-likeness (QED) is 0.508. The van der Waals surface area contributed by atoms with E-state index in [0.717, 1.165) is 56.3 Å². The molecule has 3 aliphatic rings. The topological polar surface area (TPSA) is 51.7 Å². The van der Waals surface area contributed by atoms with Crippen molar-refractivity contribution in [2.45, 2.75) is 62.4 Å². The third-order valence-electron chi connectivity index (χ3n) is 8.69. The number of hydrogen-bond donors (Lipinski definition) is 0. The number of carbonyl (C=O) groups is 1. The Kier molecular flexibility index (Phi) is 5.97. The summed E-state index contributed by atoms with van der Waals surface area (Å²) in [5.74, 6) is 1.78. The van der Waals surface area contributed by atoms with E-state index in [1.165, 1.54) is 16.3 Å². The maximum atomic E-state index is 14.3. The maximum absolute atomic E-state index is 14.3. The highest BCUT2D eigenvalue weighted by molar-refractivity contribution is 5.89. The van der Waals surface area contributed by atoms with Gasteiger partial charge in [-0.05, 0) is 85.6 Å². The normalized spacial score (nSPS) is 25.5. The average molecular weight is 471 g/mol. The molecule has 1 aromatic heterocycles. The molecule has 3 aliphatic heterocycles. The van der Waals surface area contributed by atoms with Crippen molar-refractivity contribution in [3.8, 4) is 5.75 Å². The number of fused-ring (bicyclic) bond motifs is 3. The van der Waals surface area contributed by atoms with Gasteiger partial charge in [-0.2, -0.15) is 0 Å². The van der Waals surface area contributed by atoms with E-state index in [0.29, 0.717) is 37.1 Å². The lowest BCUT2D eigenvalue weighted by molar-refractivity contribution is -0.146. The van der Waals surface area contributed by atoms with Crippen molar-refractivity contribution >= 4 is 16.7 Å². The average Bonchev–Trinajstić information content (AvgIpc) is 3.18. The van der Waals surface area contributed by atoms with Gasteiger partial charge in [-0.25, -0.2) is 0 Å². The summed E-state index contributed by atoms with van der Waals surface area (Å²) in [4.78, 5) is 20.9. The number of pyridine rings is 1. The largest absolute Gasteiger partial charge is 0.497 e. The molecule has 3 fully saturated rings. The minimum atomic E-state index is -0.482. The second-order valence-corrected chi connectivity index (χ2v) is 10.6. The number of piperidine rings is 1. The molecule has 2 atom stereocenters. The Morgan fingerprint density at radius 1 is 1.03 bits per heavy atom. The molecule has 4 heterocycles. The van der Waals surface area contributed by atoms with E-state index in [9.17, 15) is 4.79 Å². The van der Waals surface area contributed by atoms with Crippen molar-refractivity contribution in [3.05, 3.63) is 72.1 Å². The standard InChI is InChI=1S/C30H34N2O3/c1-34-28-8-4-25(5-9-28)30(11-14-35-15-12-30)29(33)32-26-6-7-27(32)19-22(18-26)16-21-2-3-24-20-31-13-10-23(24)17-21/h2-5,8-10,13,17,20,22,26-27H,6-7,11-12,14-16,18-19H2,1H3/t26-,27-/m0/s1. The number of methoxy groups -OCH3 is 1. The summed E-state index contributed by atoms with van der Waals surface area (Å²) in [5.41, 5.74) is 2.02. The highest BCUT2D eigenvalue weighted by Crippen LogP contribution is 2.45. The number of amides is 1. The van der Waals surface area contributed by atoms with Crippen LogP contribution in [-0.2, 0) is 21.4 Å². The monoisotopic (exact) mass is 470 g/mol. The summed E-state index contributed by atoms with van der Waals surface area (Å²) in [6.45, 7) is 1.28. The van der Waals surface area contributed by atoms with Gasteiger partial charge in [0.1, 0.15) is 5.75 Å². The molecule has 0 spiro atoms. The zero-order valence-electron chi connectivity index (χ0n) is 20.5. The molecule has 0 saturated carbocycles. The predicted molar refractivity (Wildman–Crippen MR) is 137 cm³/mol. The third kappa shape index (κ3) is 4.10. The highest BCUT2D eigenvalue weighted by Gasteiger charge is 2.51. The predicted octanol–water partition coefficient (Wildman–Crippen LogP) is 5.30. The summed E-state index contributed by atoms with van der Waals surface area (Å²) in [5, 5.41) is 2.45. The van der Waals surface area contributed by atoms with Gasteiger partial charge in [0, 0.05) is 43.1 Å². The SMILES string of the molecule is COc1ccc(C2(C(=O)N3[C@H]4CC[C@H]3CC(Cc3ccc5cnccc5c3)C4)CCOCC2)cc1. The number of hydrogen-bond acceptors (Lipinski definition) is 4. The van der Waals surface area contributed by atoms with Gasteiger partial charge in [-0.1, -0.05) is 30.3 Å². The van der Waals surface area contributed by atoms with Crippen LogP contribution in [-0.4, -0.2) is 48.2 Å². The summed E-state index contributed by atoms with van der Waals surface area (Å²) < 4.78 is 11.1. The number of carbonyl (C=O) groups excluding carboxylic acids is 1. The van der Waals surface area contributed by atoms with Gasteiger partial charge in [-0.15, -0.1) is 0 Å². The van der Waals surface area contributed by atoms with Crippen molar-refractivity contribution in [1.29, 1.82) is 0 Å². The van der Waals surface area contributed by atoms with Crippen LogP contribution in [0.5, 0.6) is 5.75 Å². The summed E-state index contributed by atoms with van der Waals surface area (Å²) in [6, 6.07) is 17.7. The zero-order valence-corrected chi connectivity index (χ0v) is 20.5. The molecule has 3 aromatic rings. The molecule has 2 bridgehead atoms. The van der Waals surface area contributed by atoms with Gasteiger partial charge >= 0.3 is 0 Å². The Bertz CT molecular complexity index is 1190. The van der Waals surface area contributed by atoms with E-state index in [1.807, 2.05) is 24.5 Å². The van der Waals surface area contributed by atoms with Crippen LogP contribution < -0.4 is 4.74 Å². The van der Waals surface area contributed by atoms with Crippen molar-refractivity contribution < 1.29 is 14.3 Å². The van der Waals surface area contributed by atoms with Crippen LogP contribution in [0.2, 0.25) is 0 Å². The van der Waals surface area contributed by atoms with Gasteiger partial charge in [0.2, 0.25) is 5.91 Å². The first kappa shape index (κ1) is 22.5. The van der Waals surface area contributed by atoms with Crippen molar-refractivity contribution in [3.63, 3.8) is 0 Å². The van der Waals surface area contributed by atoms with Crippen molar-refractivity contribution in [2.24, 2.45) is 5.92 Å². The minimum Gasteiger partial charge on any atom is -0.497 e. The molecule has 182 valence electrons. The van der Waals surface area contributed by atoms with Gasteiger partial charge in [0.05, 0.1) is 12.5 Å². The fourth-order valence-electron chi connectivity index (χ4n) is 6.88. The second kappa shape index (κ2) is 9.27. The second-order valence-electron chi connectivity index (χ2n) is 10.6. The number of nitrogens with zero attached hydrogens (tertiary/aromatic N) is 2. The molecule has 5 nitrogen and oxygen atoms in total. The van der Waals surface area contributed by atoms with Gasteiger partial charge in [0.15, 0.2) is 0 Å². The fraction of sp³-hybridized carbons (Fsp3) is 0.467. The fourth-order valence-corrected chi connectivity index (χ4v) is 6.88. The number of aromatic nitrogens is 1. The molecule has 35 heavy (non-hydrogen) atoms. The third-order valence-corrected chi connectivity index (χ3v) is 8.69. The Morgan fingerprint density at radius 3 is 2.49 bits per heavy atom. The Labute approximate surface area is 207 Å². The maximum Gasteiger partial charge on any atom is 0.233 e. The van der Waals surface area contributed by atoms with Gasteiger partial charge in [-0.3, -0.25) is 9.78 Å². The lowest BCUT2D eigenvalue weighted by atomic mass is 9.72.